The van der Waals surface area contributed by atoms with E-state index < -0.39 is 0 Å². The van der Waals surface area contributed by atoms with E-state index in [9.17, 15) is 0 Å². The summed E-state index contributed by atoms with van der Waals surface area (Å²) in [7, 11) is 0. The molecular weight excluding hydrogens is 300 g/mol. The van der Waals surface area contributed by atoms with E-state index in [0.717, 1.165) is 27.1 Å². The van der Waals surface area contributed by atoms with Crippen LogP contribution in [0.25, 0.3) is 0 Å². The SMILES string of the molecule is Cc1ccc(Cl)c(Nc2ncc(Br)cc2C)c1. The number of rotatable bonds is 2. The van der Waals surface area contributed by atoms with Crippen molar-refractivity contribution in [1.29, 1.82) is 0 Å². The molecule has 4 heteroatoms. The number of nitrogens with zero attached hydrogens (tertiary/aromatic N) is 1. The average molecular weight is 312 g/mol. The molecule has 0 radical (unpaired) electrons. The zero-order valence-electron chi connectivity index (χ0n) is 9.59. The van der Waals surface area contributed by atoms with Crippen LogP contribution in [0.2, 0.25) is 5.02 Å². The molecule has 0 spiro atoms. The van der Waals surface area contributed by atoms with Gasteiger partial charge >= 0.3 is 0 Å². The van der Waals surface area contributed by atoms with Crippen LogP contribution >= 0.6 is 27.5 Å². The summed E-state index contributed by atoms with van der Waals surface area (Å²) >= 11 is 9.52. The molecule has 0 saturated heterocycles. The van der Waals surface area contributed by atoms with Gasteiger partial charge in [0.15, 0.2) is 0 Å². The number of halogens is 2. The summed E-state index contributed by atoms with van der Waals surface area (Å²) < 4.78 is 0.968. The molecule has 0 unspecified atom stereocenters. The monoisotopic (exact) mass is 310 g/mol. The maximum atomic E-state index is 6.13. The lowest BCUT2D eigenvalue weighted by molar-refractivity contribution is 1.24. The topological polar surface area (TPSA) is 24.9 Å². The summed E-state index contributed by atoms with van der Waals surface area (Å²) in [6.07, 6.45) is 1.76. The molecule has 0 saturated carbocycles. The molecule has 2 nitrogen and oxygen atoms in total. The summed E-state index contributed by atoms with van der Waals surface area (Å²) in [4.78, 5) is 4.33. The minimum absolute atomic E-state index is 0.694. The molecule has 0 aliphatic carbocycles. The van der Waals surface area contributed by atoms with E-state index in [4.69, 9.17) is 11.6 Å². The van der Waals surface area contributed by atoms with Gasteiger partial charge in [0, 0.05) is 10.7 Å². The molecule has 2 rings (SSSR count). The van der Waals surface area contributed by atoms with Crippen molar-refractivity contribution in [3.63, 3.8) is 0 Å². The van der Waals surface area contributed by atoms with Crippen LogP contribution in [0.5, 0.6) is 0 Å². The molecule has 1 aromatic carbocycles. The Hall–Kier alpha value is -1.06. The Balaban J connectivity index is 2.34. The van der Waals surface area contributed by atoms with Crippen LogP contribution < -0.4 is 5.32 Å². The second-order valence-corrected chi connectivity index (χ2v) is 5.25. The van der Waals surface area contributed by atoms with Crippen LogP contribution in [0.3, 0.4) is 0 Å². The van der Waals surface area contributed by atoms with Crippen molar-refractivity contribution < 1.29 is 0 Å². The third kappa shape index (κ3) is 2.99. The lowest BCUT2D eigenvalue weighted by Crippen LogP contribution is -1.97. The largest absolute Gasteiger partial charge is 0.339 e. The Morgan fingerprint density at radius 3 is 2.71 bits per heavy atom. The average Bonchev–Trinajstić information content (AvgIpc) is 2.27. The Morgan fingerprint density at radius 2 is 2.00 bits per heavy atom. The summed E-state index contributed by atoms with van der Waals surface area (Å²) in [5.74, 6) is 0.820. The van der Waals surface area contributed by atoms with E-state index in [1.165, 1.54) is 0 Å². The summed E-state index contributed by atoms with van der Waals surface area (Å²) in [6, 6.07) is 7.88. The van der Waals surface area contributed by atoms with Gasteiger partial charge in [-0.15, -0.1) is 0 Å². The predicted octanol–water partition coefficient (Wildman–Crippen LogP) is 4.86. The molecule has 0 amide bonds. The third-order valence-corrected chi connectivity index (χ3v) is 3.18. The first-order chi connectivity index (χ1) is 8.06. The van der Waals surface area contributed by atoms with Gasteiger partial charge in [0.25, 0.3) is 0 Å². The molecule has 88 valence electrons. The van der Waals surface area contributed by atoms with Crippen molar-refractivity contribution in [3.05, 3.63) is 51.1 Å². The van der Waals surface area contributed by atoms with Gasteiger partial charge in [-0.2, -0.15) is 0 Å². The fraction of sp³-hybridized carbons (Fsp3) is 0.154. The number of benzene rings is 1. The normalized spacial score (nSPS) is 10.4. The first-order valence-corrected chi connectivity index (χ1v) is 6.38. The maximum absolute atomic E-state index is 6.13. The van der Waals surface area contributed by atoms with Crippen molar-refractivity contribution in [2.24, 2.45) is 0 Å². The highest BCUT2D eigenvalue weighted by Crippen LogP contribution is 2.27. The number of anilines is 2. The number of aromatic nitrogens is 1. The number of hydrogen-bond donors (Lipinski definition) is 1. The van der Waals surface area contributed by atoms with Crippen LogP contribution in [0.4, 0.5) is 11.5 Å². The molecule has 0 bridgehead atoms. The highest BCUT2D eigenvalue weighted by Gasteiger charge is 2.04. The standard InChI is InChI=1S/C13H12BrClN2/c1-8-3-4-11(15)12(5-8)17-13-9(2)6-10(14)7-16-13/h3-7H,1-2H3,(H,16,17). The van der Waals surface area contributed by atoms with Gasteiger partial charge in [0.1, 0.15) is 5.82 Å². The zero-order valence-corrected chi connectivity index (χ0v) is 11.9. The summed E-state index contributed by atoms with van der Waals surface area (Å²) in [5.41, 5.74) is 3.10. The predicted molar refractivity (Wildman–Crippen MR) is 76.1 cm³/mol. The van der Waals surface area contributed by atoms with Gasteiger partial charge in [0.05, 0.1) is 10.7 Å². The number of aryl methyl sites for hydroxylation is 2. The lowest BCUT2D eigenvalue weighted by Gasteiger charge is -2.10. The molecule has 0 aliphatic heterocycles. The molecule has 1 N–H and O–H groups in total. The van der Waals surface area contributed by atoms with Gasteiger partial charge in [-0.25, -0.2) is 4.98 Å². The van der Waals surface area contributed by atoms with Crippen molar-refractivity contribution in [1.82, 2.24) is 4.98 Å². The van der Waals surface area contributed by atoms with Crippen LogP contribution in [0.15, 0.2) is 34.9 Å². The van der Waals surface area contributed by atoms with Crippen molar-refractivity contribution >= 4 is 39.0 Å². The molecular formula is C13H12BrClN2. The molecule has 0 fully saturated rings. The zero-order chi connectivity index (χ0) is 12.4. The van der Waals surface area contributed by atoms with Gasteiger partial charge in [-0.05, 0) is 59.1 Å². The smallest absolute Gasteiger partial charge is 0.133 e. The fourth-order valence-corrected chi connectivity index (χ4v) is 2.14. The van der Waals surface area contributed by atoms with E-state index >= 15 is 0 Å². The minimum Gasteiger partial charge on any atom is -0.339 e. The van der Waals surface area contributed by atoms with Crippen molar-refractivity contribution in [2.75, 3.05) is 5.32 Å². The molecule has 1 heterocycles. The molecule has 1 aromatic heterocycles. The van der Waals surface area contributed by atoms with Crippen LogP contribution in [0, 0.1) is 13.8 Å². The van der Waals surface area contributed by atoms with Crippen molar-refractivity contribution in [2.45, 2.75) is 13.8 Å². The second-order valence-electron chi connectivity index (χ2n) is 3.93. The highest BCUT2D eigenvalue weighted by molar-refractivity contribution is 9.10. The van der Waals surface area contributed by atoms with Crippen LogP contribution in [-0.4, -0.2) is 4.98 Å². The Bertz CT molecular complexity index is 555. The quantitative estimate of drug-likeness (QED) is 0.857. The molecule has 17 heavy (non-hydrogen) atoms. The fourth-order valence-electron chi connectivity index (χ4n) is 1.53. The minimum atomic E-state index is 0.694. The van der Waals surface area contributed by atoms with E-state index in [1.807, 2.05) is 38.1 Å². The highest BCUT2D eigenvalue weighted by atomic mass is 79.9. The van der Waals surface area contributed by atoms with E-state index in [0.29, 0.717) is 5.02 Å². The second kappa shape index (κ2) is 5.07. The summed E-state index contributed by atoms with van der Waals surface area (Å²) in [6.45, 7) is 4.03. The summed E-state index contributed by atoms with van der Waals surface area (Å²) in [5, 5.41) is 3.94. The van der Waals surface area contributed by atoms with Gasteiger partial charge in [-0.1, -0.05) is 17.7 Å². The Morgan fingerprint density at radius 1 is 1.24 bits per heavy atom. The molecule has 0 aliphatic rings. The molecule has 0 atom stereocenters. The van der Waals surface area contributed by atoms with Gasteiger partial charge in [0.2, 0.25) is 0 Å². The molecule has 2 aromatic rings. The first-order valence-electron chi connectivity index (χ1n) is 5.21. The number of nitrogens with one attached hydrogen (secondary N) is 1. The Kier molecular flexibility index (Phi) is 3.69. The van der Waals surface area contributed by atoms with Crippen molar-refractivity contribution in [3.8, 4) is 0 Å². The van der Waals surface area contributed by atoms with Crippen LogP contribution in [-0.2, 0) is 0 Å². The number of pyridine rings is 1. The van der Waals surface area contributed by atoms with Crippen LogP contribution in [0.1, 0.15) is 11.1 Å². The lowest BCUT2D eigenvalue weighted by atomic mass is 10.2. The van der Waals surface area contributed by atoms with E-state index in [-0.39, 0.29) is 0 Å². The maximum Gasteiger partial charge on any atom is 0.133 e. The van der Waals surface area contributed by atoms with E-state index in [1.54, 1.807) is 6.20 Å². The van der Waals surface area contributed by atoms with Gasteiger partial charge in [-0.3, -0.25) is 0 Å². The Labute approximate surface area is 114 Å². The van der Waals surface area contributed by atoms with E-state index in [2.05, 4.69) is 26.2 Å². The third-order valence-electron chi connectivity index (χ3n) is 2.42. The van der Waals surface area contributed by atoms with Gasteiger partial charge < -0.3 is 5.32 Å². The first kappa shape index (κ1) is 12.4. The number of hydrogen-bond acceptors (Lipinski definition) is 2.